The van der Waals surface area contributed by atoms with Crippen LogP contribution in [0, 0.1) is 6.92 Å². The smallest absolute Gasteiger partial charge is 0.210 e. The van der Waals surface area contributed by atoms with Gasteiger partial charge in [0.25, 0.3) is 0 Å². The first-order valence-electron chi connectivity index (χ1n) is 6.02. The van der Waals surface area contributed by atoms with Crippen LogP contribution in [-0.2, 0) is 6.54 Å². The number of pyridine rings is 1. The number of nitrogens with two attached hydrogens (primary N) is 1. The Morgan fingerprint density at radius 3 is 2.74 bits per heavy atom. The lowest BCUT2D eigenvalue weighted by Crippen LogP contribution is -2.36. The molecule has 5 heteroatoms. The molecule has 0 aliphatic carbocycles. The summed E-state index contributed by atoms with van der Waals surface area (Å²) in [6, 6.07) is 11.7. The summed E-state index contributed by atoms with van der Waals surface area (Å²) in [5, 5.41) is 3.12. The van der Waals surface area contributed by atoms with Gasteiger partial charge in [0.05, 0.1) is 6.54 Å². The van der Waals surface area contributed by atoms with Crippen molar-refractivity contribution in [1.29, 1.82) is 0 Å². The summed E-state index contributed by atoms with van der Waals surface area (Å²) in [5.41, 5.74) is 5.74. The molecule has 19 heavy (non-hydrogen) atoms. The van der Waals surface area contributed by atoms with Gasteiger partial charge < -0.3 is 5.32 Å². The molecule has 0 amide bonds. The Hall–Kier alpha value is -2.40. The number of guanidine groups is 1. The van der Waals surface area contributed by atoms with Crippen molar-refractivity contribution < 1.29 is 0 Å². The number of benzene rings is 1. The number of aryl methyl sites for hydroxylation is 1. The summed E-state index contributed by atoms with van der Waals surface area (Å²) < 4.78 is 0. The van der Waals surface area contributed by atoms with Gasteiger partial charge in [-0.25, -0.2) is 10.8 Å². The minimum atomic E-state index is 0.530. The van der Waals surface area contributed by atoms with Crippen LogP contribution in [0.3, 0.4) is 0 Å². The number of para-hydroxylation sites is 1. The summed E-state index contributed by atoms with van der Waals surface area (Å²) >= 11 is 0. The number of nitrogens with one attached hydrogen (secondary N) is 2. The molecular formula is C14H17N5. The lowest BCUT2D eigenvalue weighted by molar-refractivity contribution is 0.959. The van der Waals surface area contributed by atoms with E-state index in [1.165, 1.54) is 0 Å². The van der Waals surface area contributed by atoms with Crippen LogP contribution in [0.5, 0.6) is 0 Å². The lowest BCUT2D eigenvalue weighted by Gasteiger charge is -2.09. The second kappa shape index (κ2) is 6.51. The maximum atomic E-state index is 5.47. The zero-order chi connectivity index (χ0) is 13.5. The molecule has 0 spiro atoms. The third kappa shape index (κ3) is 3.79. The highest BCUT2D eigenvalue weighted by Crippen LogP contribution is 2.08. The second-order valence-electron chi connectivity index (χ2n) is 4.10. The van der Waals surface area contributed by atoms with E-state index in [0.29, 0.717) is 12.5 Å². The Labute approximate surface area is 112 Å². The standard InChI is InChI=1S/C14H17N5/c1-11-9-16-8-7-12(11)10-17-14(19-15)18-13-5-3-2-4-6-13/h2-9H,10,15H2,1H3,(H2,17,18,19). The third-order valence-corrected chi connectivity index (χ3v) is 2.72. The number of aliphatic imine (C=N–C) groups is 1. The van der Waals surface area contributed by atoms with Crippen molar-refractivity contribution in [2.45, 2.75) is 13.5 Å². The third-order valence-electron chi connectivity index (χ3n) is 2.72. The number of aromatic nitrogens is 1. The van der Waals surface area contributed by atoms with Crippen molar-refractivity contribution in [2.24, 2.45) is 10.8 Å². The topological polar surface area (TPSA) is 75.3 Å². The van der Waals surface area contributed by atoms with E-state index in [9.17, 15) is 0 Å². The first-order valence-corrected chi connectivity index (χ1v) is 6.02. The fourth-order valence-electron chi connectivity index (χ4n) is 1.62. The van der Waals surface area contributed by atoms with Crippen LogP contribution >= 0.6 is 0 Å². The Morgan fingerprint density at radius 2 is 2.05 bits per heavy atom. The highest BCUT2D eigenvalue weighted by molar-refractivity contribution is 5.93. The average Bonchev–Trinajstić information content (AvgIpc) is 2.46. The van der Waals surface area contributed by atoms with Crippen molar-refractivity contribution in [1.82, 2.24) is 10.4 Å². The van der Waals surface area contributed by atoms with Gasteiger partial charge >= 0.3 is 0 Å². The van der Waals surface area contributed by atoms with Crippen LogP contribution in [0.2, 0.25) is 0 Å². The molecule has 1 aromatic heterocycles. The minimum Gasteiger partial charge on any atom is -0.325 e. The summed E-state index contributed by atoms with van der Waals surface area (Å²) in [6.45, 7) is 2.56. The van der Waals surface area contributed by atoms with E-state index in [-0.39, 0.29) is 0 Å². The van der Waals surface area contributed by atoms with E-state index in [1.54, 1.807) is 6.20 Å². The van der Waals surface area contributed by atoms with Crippen LogP contribution in [0.25, 0.3) is 0 Å². The van der Waals surface area contributed by atoms with Crippen LogP contribution in [0.15, 0.2) is 53.8 Å². The van der Waals surface area contributed by atoms with Gasteiger partial charge in [0.2, 0.25) is 5.96 Å². The molecule has 98 valence electrons. The molecule has 0 atom stereocenters. The summed E-state index contributed by atoms with van der Waals surface area (Å²) in [6.07, 6.45) is 3.59. The monoisotopic (exact) mass is 255 g/mol. The number of hydrogen-bond donors (Lipinski definition) is 3. The molecule has 5 nitrogen and oxygen atoms in total. The predicted octanol–water partition coefficient (Wildman–Crippen LogP) is 1.82. The normalized spacial score (nSPS) is 11.2. The first-order chi connectivity index (χ1) is 9.29. The van der Waals surface area contributed by atoms with Crippen molar-refractivity contribution in [3.63, 3.8) is 0 Å². The van der Waals surface area contributed by atoms with E-state index in [0.717, 1.165) is 16.8 Å². The fraction of sp³-hybridized carbons (Fsp3) is 0.143. The maximum absolute atomic E-state index is 5.47. The van der Waals surface area contributed by atoms with E-state index < -0.39 is 0 Å². The van der Waals surface area contributed by atoms with Crippen LogP contribution in [0.4, 0.5) is 5.69 Å². The SMILES string of the molecule is Cc1cnccc1CN=C(NN)Nc1ccccc1. The van der Waals surface area contributed by atoms with Crippen LogP contribution in [0.1, 0.15) is 11.1 Å². The molecule has 1 heterocycles. The molecular weight excluding hydrogens is 238 g/mol. The highest BCUT2D eigenvalue weighted by atomic mass is 15.3. The van der Waals surface area contributed by atoms with Crippen molar-refractivity contribution >= 4 is 11.6 Å². The molecule has 0 saturated heterocycles. The molecule has 0 unspecified atom stereocenters. The summed E-state index contributed by atoms with van der Waals surface area (Å²) in [7, 11) is 0. The zero-order valence-corrected chi connectivity index (χ0v) is 10.8. The summed E-state index contributed by atoms with van der Waals surface area (Å²) in [5.74, 6) is 6.00. The fourth-order valence-corrected chi connectivity index (χ4v) is 1.62. The molecule has 0 saturated carbocycles. The number of anilines is 1. The van der Waals surface area contributed by atoms with Crippen LogP contribution < -0.4 is 16.6 Å². The number of hydrogen-bond acceptors (Lipinski definition) is 3. The van der Waals surface area contributed by atoms with Crippen LogP contribution in [-0.4, -0.2) is 10.9 Å². The zero-order valence-electron chi connectivity index (χ0n) is 10.8. The quantitative estimate of drug-likeness (QED) is 0.338. The molecule has 4 N–H and O–H groups in total. The number of rotatable bonds is 3. The molecule has 2 aromatic rings. The molecule has 0 bridgehead atoms. The van der Waals surface area contributed by atoms with Crippen molar-refractivity contribution in [3.8, 4) is 0 Å². The van der Waals surface area contributed by atoms with E-state index in [4.69, 9.17) is 5.84 Å². The van der Waals surface area contributed by atoms with Gasteiger partial charge in [-0.15, -0.1) is 0 Å². The molecule has 0 aliphatic heterocycles. The predicted molar refractivity (Wildman–Crippen MR) is 77.5 cm³/mol. The molecule has 1 aromatic carbocycles. The molecule has 0 fully saturated rings. The highest BCUT2D eigenvalue weighted by Gasteiger charge is 1.99. The van der Waals surface area contributed by atoms with Gasteiger partial charge in [-0.1, -0.05) is 18.2 Å². The Balaban J connectivity index is 2.06. The van der Waals surface area contributed by atoms with Gasteiger partial charge in [0.15, 0.2) is 0 Å². The maximum Gasteiger partial charge on any atom is 0.210 e. The van der Waals surface area contributed by atoms with Gasteiger partial charge in [0.1, 0.15) is 0 Å². The van der Waals surface area contributed by atoms with Gasteiger partial charge in [0, 0.05) is 18.1 Å². The van der Waals surface area contributed by atoms with E-state index >= 15 is 0 Å². The van der Waals surface area contributed by atoms with Gasteiger partial charge in [-0.3, -0.25) is 10.4 Å². The lowest BCUT2D eigenvalue weighted by atomic mass is 10.2. The Kier molecular flexibility index (Phi) is 4.47. The Morgan fingerprint density at radius 1 is 1.26 bits per heavy atom. The largest absolute Gasteiger partial charge is 0.325 e. The number of hydrazine groups is 1. The molecule has 2 rings (SSSR count). The summed E-state index contributed by atoms with van der Waals surface area (Å²) in [4.78, 5) is 8.47. The molecule has 0 aliphatic rings. The first kappa shape index (κ1) is 13.0. The van der Waals surface area contributed by atoms with Gasteiger partial charge in [-0.05, 0) is 36.2 Å². The van der Waals surface area contributed by atoms with Crippen molar-refractivity contribution in [2.75, 3.05) is 5.32 Å². The average molecular weight is 255 g/mol. The van der Waals surface area contributed by atoms with E-state index in [2.05, 4.69) is 20.7 Å². The minimum absolute atomic E-state index is 0.530. The van der Waals surface area contributed by atoms with Gasteiger partial charge in [-0.2, -0.15) is 0 Å². The molecule has 0 radical (unpaired) electrons. The number of nitrogens with zero attached hydrogens (tertiary/aromatic N) is 2. The second-order valence-corrected chi connectivity index (χ2v) is 4.10. The van der Waals surface area contributed by atoms with E-state index in [1.807, 2.05) is 49.5 Å². The Bertz CT molecular complexity index is 551. The van der Waals surface area contributed by atoms with Crippen molar-refractivity contribution in [3.05, 3.63) is 59.9 Å².